The Kier molecular flexibility index (Phi) is 4.76. The zero-order valence-electron chi connectivity index (χ0n) is 12.7. The van der Waals surface area contributed by atoms with Crippen molar-refractivity contribution in [2.24, 2.45) is 0 Å². The van der Waals surface area contributed by atoms with E-state index in [9.17, 15) is 9.18 Å². The maximum atomic E-state index is 13.2. The van der Waals surface area contributed by atoms with E-state index in [4.69, 9.17) is 16.7 Å². The maximum Gasteiger partial charge on any atom is 0.335 e. The Hall–Kier alpha value is -3.19. The summed E-state index contributed by atoms with van der Waals surface area (Å²) in [5, 5.41) is 14.9. The van der Waals surface area contributed by atoms with Gasteiger partial charge in [0.15, 0.2) is 0 Å². The lowest BCUT2D eigenvalue weighted by Gasteiger charge is -2.09. The first-order valence-electron chi connectivity index (χ1n) is 7.17. The van der Waals surface area contributed by atoms with Crippen LogP contribution in [0.15, 0.2) is 54.7 Å². The number of benzene rings is 2. The van der Waals surface area contributed by atoms with Crippen molar-refractivity contribution in [1.82, 2.24) is 9.97 Å². The first kappa shape index (κ1) is 16.7. The van der Waals surface area contributed by atoms with E-state index in [1.807, 2.05) is 0 Å². The molecular formula is C17H12ClFN4O2. The van der Waals surface area contributed by atoms with Gasteiger partial charge in [-0.2, -0.15) is 4.98 Å². The molecule has 0 aliphatic heterocycles. The fourth-order valence-corrected chi connectivity index (χ4v) is 2.22. The summed E-state index contributed by atoms with van der Waals surface area (Å²) in [7, 11) is 0. The van der Waals surface area contributed by atoms with E-state index in [2.05, 4.69) is 20.6 Å². The van der Waals surface area contributed by atoms with Crippen molar-refractivity contribution in [3.63, 3.8) is 0 Å². The van der Waals surface area contributed by atoms with E-state index in [-0.39, 0.29) is 10.6 Å². The number of aromatic nitrogens is 2. The average Bonchev–Trinajstić information content (AvgIpc) is 2.59. The number of hydrogen-bond acceptors (Lipinski definition) is 5. The molecule has 0 radical (unpaired) electrons. The Morgan fingerprint density at radius 1 is 1.04 bits per heavy atom. The summed E-state index contributed by atoms with van der Waals surface area (Å²) in [6, 6.07) is 12.1. The van der Waals surface area contributed by atoms with Crippen LogP contribution in [0.1, 0.15) is 10.4 Å². The molecule has 8 heteroatoms. The highest BCUT2D eigenvalue weighted by atomic mass is 35.5. The van der Waals surface area contributed by atoms with Crippen molar-refractivity contribution < 1.29 is 14.3 Å². The predicted molar refractivity (Wildman–Crippen MR) is 93.4 cm³/mol. The first-order chi connectivity index (χ1) is 12.0. The van der Waals surface area contributed by atoms with Gasteiger partial charge in [-0.25, -0.2) is 14.2 Å². The highest BCUT2D eigenvalue weighted by molar-refractivity contribution is 6.31. The standard InChI is InChI=1S/C17H12ClFN4O2/c18-13-9-12(5-6-14(13)19)22-17-20-8-7-15(23-17)21-11-3-1-10(2-4-11)16(24)25/h1-9H,(H,24,25)(H2,20,21,22,23). The monoisotopic (exact) mass is 358 g/mol. The summed E-state index contributed by atoms with van der Waals surface area (Å²) in [4.78, 5) is 19.2. The zero-order chi connectivity index (χ0) is 17.8. The van der Waals surface area contributed by atoms with E-state index in [0.29, 0.717) is 23.1 Å². The van der Waals surface area contributed by atoms with Gasteiger partial charge < -0.3 is 15.7 Å². The van der Waals surface area contributed by atoms with Crippen LogP contribution in [0.5, 0.6) is 0 Å². The van der Waals surface area contributed by atoms with E-state index >= 15 is 0 Å². The third kappa shape index (κ3) is 4.21. The summed E-state index contributed by atoms with van der Waals surface area (Å²) in [6.45, 7) is 0. The van der Waals surface area contributed by atoms with Gasteiger partial charge in [0.05, 0.1) is 10.6 Å². The topological polar surface area (TPSA) is 87.1 Å². The molecule has 0 atom stereocenters. The summed E-state index contributed by atoms with van der Waals surface area (Å²) < 4.78 is 13.2. The minimum Gasteiger partial charge on any atom is -0.478 e. The normalized spacial score (nSPS) is 10.3. The van der Waals surface area contributed by atoms with Crippen LogP contribution in [0.25, 0.3) is 0 Å². The van der Waals surface area contributed by atoms with Crippen LogP contribution in [0, 0.1) is 5.82 Å². The lowest BCUT2D eigenvalue weighted by Crippen LogP contribution is -2.01. The number of nitrogens with one attached hydrogen (secondary N) is 2. The van der Waals surface area contributed by atoms with Gasteiger partial charge >= 0.3 is 5.97 Å². The number of anilines is 4. The molecule has 126 valence electrons. The summed E-state index contributed by atoms with van der Waals surface area (Å²) in [6.07, 6.45) is 1.55. The number of halogens is 2. The van der Waals surface area contributed by atoms with E-state index in [1.165, 1.54) is 30.3 Å². The molecule has 0 unspecified atom stereocenters. The third-order valence-corrected chi connectivity index (χ3v) is 3.53. The van der Waals surface area contributed by atoms with E-state index in [1.54, 1.807) is 24.4 Å². The van der Waals surface area contributed by atoms with Crippen molar-refractivity contribution in [2.45, 2.75) is 0 Å². The molecule has 0 saturated heterocycles. The largest absolute Gasteiger partial charge is 0.478 e. The molecule has 0 amide bonds. The second-order valence-corrected chi connectivity index (χ2v) is 5.43. The zero-order valence-corrected chi connectivity index (χ0v) is 13.5. The molecule has 3 N–H and O–H groups in total. The second kappa shape index (κ2) is 7.14. The molecule has 0 spiro atoms. The number of carbonyl (C=O) groups is 1. The molecule has 3 rings (SSSR count). The van der Waals surface area contributed by atoms with Gasteiger partial charge in [-0.05, 0) is 48.5 Å². The highest BCUT2D eigenvalue weighted by Crippen LogP contribution is 2.22. The molecule has 25 heavy (non-hydrogen) atoms. The van der Waals surface area contributed by atoms with Gasteiger partial charge in [0.2, 0.25) is 5.95 Å². The Balaban J connectivity index is 1.74. The molecule has 2 aromatic carbocycles. The minimum atomic E-state index is -0.988. The van der Waals surface area contributed by atoms with Crippen LogP contribution in [-0.2, 0) is 0 Å². The Bertz CT molecular complexity index is 919. The number of hydrogen-bond donors (Lipinski definition) is 3. The molecule has 0 saturated carbocycles. The number of carboxylic acids is 1. The lowest BCUT2D eigenvalue weighted by molar-refractivity contribution is 0.0697. The van der Waals surface area contributed by atoms with Gasteiger partial charge in [0.1, 0.15) is 11.6 Å². The smallest absolute Gasteiger partial charge is 0.335 e. The first-order valence-corrected chi connectivity index (χ1v) is 7.54. The SMILES string of the molecule is O=C(O)c1ccc(Nc2ccnc(Nc3ccc(F)c(Cl)c3)n2)cc1. The maximum absolute atomic E-state index is 13.2. The number of nitrogens with zero attached hydrogens (tertiary/aromatic N) is 2. The van der Waals surface area contributed by atoms with E-state index in [0.717, 1.165) is 0 Å². The van der Waals surface area contributed by atoms with Crippen LogP contribution < -0.4 is 10.6 Å². The molecule has 0 bridgehead atoms. The minimum absolute atomic E-state index is 0.00204. The quantitative estimate of drug-likeness (QED) is 0.624. The third-order valence-electron chi connectivity index (χ3n) is 3.24. The Morgan fingerprint density at radius 3 is 2.44 bits per heavy atom. The molecule has 0 fully saturated rings. The average molecular weight is 359 g/mol. The highest BCUT2D eigenvalue weighted by Gasteiger charge is 2.05. The van der Waals surface area contributed by atoms with Crippen molar-refractivity contribution in [2.75, 3.05) is 10.6 Å². The van der Waals surface area contributed by atoms with Gasteiger partial charge in [0, 0.05) is 17.6 Å². The van der Waals surface area contributed by atoms with Crippen molar-refractivity contribution >= 4 is 40.7 Å². The predicted octanol–water partition coefficient (Wildman–Crippen LogP) is 4.45. The molecule has 1 heterocycles. The molecule has 1 aromatic heterocycles. The number of carboxylic acid groups (broad SMARTS) is 1. The van der Waals surface area contributed by atoms with Gasteiger partial charge in [-0.1, -0.05) is 11.6 Å². The van der Waals surface area contributed by atoms with Crippen LogP contribution >= 0.6 is 11.6 Å². The fraction of sp³-hybridized carbons (Fsp3) is 0. The fourth-order valence-electron chi connectivity index (χ4n) is 2.04. The molecule has 0 aliphatic carbocycles. The van der Waals surface area contributed by atoms with Crippen LogP contribution in [-0.4, -0.2) is 21.0 Å². The molecule has 6 nitrogen and oxygen atoms in total. The van der Waals surface area contributed by atoms with Gasteiger partial charge in [0.25, 0.3) is 0 Å². The number of rotatable bonds is 5. The van der Waals surface area contributed by atoms with Crippen LogP contribution in [0.4, 0.5) is 27.5 Å². The molecular weight excluding hydrogens is 347 g/mol. The Labute approximate surface area is 147 Å². The van der Waals surface area contributed by atoms with E-state index < -0.39 is 11.8 Å². The van der Waals surface area contributed by atoms with Crippen LogP contribution in [0.2, 0.25) is 5.02 Å². The summed E-state index contributed by atoms with van der Waals surface area (Å²) >= 11 is 5.74. The van der Waals surface area contributed by atoms with Crippen molar-refractivity contribution in [3.05, 3.63) is 71.1 Å². The lowest BCUT2D eigenvalue weighted by atomic mass is 10.2. The van der Waals surface area contributed by atoms with Crippen LogP contribution in [0.3, 0.4) is 0 Å². The Morgan fingerprint density at radius 2 is 1.76 bits per heavy atom. The summed E-state index contributed by atoms with van der Waals surface area (Å²) in [5.74, 6) is -0.685. The van der Waals surface area contributed by atoms with Gasteiger partial charge in [-0.3, -0.25) is 0 Å². The molecule has 3 aromatic rings. The van der Waals surface area contributed by atoms with Gasteiger partial charge in [-0.15, -0.1) is 0 Å². The van der Waals surface area contributed by atoms with Crippen molar-refractivity contribution in [3.8, 4) is 0 Å². The van der Waals surface area contributed by atoms with Crippen molar-refractivity contribution in [1.29, 1.82) is 0 Å². The number of aromatic carboxylic acids is 1. The second-order valence-electron chi connectivity index (χ2n) is 5.03. The summed E-state index contributed by atoms with van der Waals surface area (Å²) in [5.41, 5.74) is 1.43. The molecule has 0 aliphatic rings.